The van der Waals surface area contributed by atoms with Gasteiger partial charge < -0.3 is 14.0 Å². The van der Waals surface area contributed by atoms with Crippen molar-refractivity contribution in [2.24, 2.45) is 0 Å². The summed E-state index contributed by atoms with van der Waals surface area (Å²) in [6, 6.07) is 3.40. The molecule has 0 amide bonds. The fourth-order valence-electron chi connectivity index (χ4n) is 1.33. The minimum Gasteiger partial charge on any atom is -0.480 e. The molecular weight excluding hydrogens is 238 g/mol. The smallest absolute Gasteiger partial charge is 0.379 e. The number of pyridine rings is 1. The standard InChI is InChI=1S/C11H11N3O4/c1-3-17-11(15)8-13-10(18-14-8)7-5-4-6-12-9(7)16-2/h4-6H,3H2,1-2H3. The molecule has 0 aliphatic rings. The summed E-state index contributed by atoms with van der Waals surface area (Å²) in [5, 5.41) is 3.54. The van der Waals surface area contributed by atoms with Gasteiger partial charge >= 0.3 is 5.97 Å². The molecule has 0 aromatic carbocycles. The van der Waals surface area contributed by atoms with Gasteiger partial charge in [0, 0.05) is 6.20 Å². The fourth-order valence-corrected chi connectivity index (χ4v) is 1.33. The highest BCUT2D eigenvalue weighted by atomic mass is 16.5. The molecule has 0 unspecified atom stereocenters. The van der Waals surface area contributed by atoms with E-state index in [0.717, 1.165) is 0 Å². The molecule has 2 aromatic rings. The molecule has 0 saturated heterocycles. The summed E-state index contributed by atoms with van der Waals surface area (Å²) < 4.78 is 14.8. The summed E-state index contributed by atoms with van der Waals surface area (Å²) in [4.78, 5) is 19.3. The van der Waals surface area contributed by atoms with Crippen LogP contribution in [0.3, 0.4) is 0 Å². The van der Waals surface area contributed by atoms with E-state index >= 15 is 0 Å². The van der Waals surface area contributed by atoms with Gasteiger partial charge in [-0.25, -0.2) is 9.78 Å². The van der Waals surface area contributed by atoms with Gasteiger partial charge in [0.25, 0.3) is 11.7 Å². The van der Waals surface area contributed by atoms with E-state index in [2.05, 4.69) is 15.1 Å². The van der Waals surface area contributed by atoms with Crippen molar-refractivity contribution >= 4 is 5.97 Å². The van der Waals surface area contributed by atoms with E-state index in [-0.39, 0.29) is 18.3 Å². The monoisotopic (exact) mass is 249 g/mol. The highest BCUT2D eigenvalue weighted by Crippen LogP contribution is 2.25. The molecule has 0 aliphatic carbocycles. The lowest BCUT2D eigenvalue weighted by Crippen LogP contribution is -2.06. The number of carbonyl (C=O) groups is 1. The van der Waals surface area contributed by atoms with Crippen LogP contribution in [-0.2, 0) is 4.74 Å². The predicted octanol–water partition coefficient (Wildman–Crippen LogP) is 1.32. The van der Waals surface area contributed by atoms with Gasteiger partial charge in [0.2, 0.25) is 5.88 Å². The Balaban J connectivity index is 2.32. The highest BCUT2D eigenvalue weighted by Gasteiger charge is 2.19. The summed E-state index contributed by atoms with van der Waals surface area (Å²) >= 11 is 0. The lowest BCUT2D eigenvalue weighted by Gasteiger charge is -2.01. The minimum absolute atomic E-state index is 0.127. The summed E-state index contributed by atoms with van der Waals surface area (Å²) in [6.45, 7) is 1.95. The first-order chi connectivity index (χ1) is 8.76. The normalized spacial score (nSPS) is 10.1. The number of aromatic nitrogens is 3. The van der Waals surface area contributed by atoms with Gasteiger partial charge in [-0.15, -0.1) is 0 Å². The van der Waals surface area contributed by atoms with Crippen molar-refractivity contribution in [2.75, 3.05) is 13.7 Å². The Morgan fingerprint density at radius 3 is 3.06 bits per heavy atom. The Bertz CT molecular complexity index is 553. The van der Waals surface area contributed by atoms with Crippen LogP contribution in [0.2, 0.25) is 0 Å². The van der Waals surface area contributed by atoms with Crippen LogP contribution in [0.15, 0.2) is 22.9 Å². The zero-order chi connectivity index (χ0) is 13.0. The second-order valence-corrected chi connectivity index (χ2v) is 3.20. The van der Waals surface area contributed by atoms with Crippen LogP contribution in [0.4, 0.5) is 0 Å². The predicted molar refractivity (Wildman–Crippen MR) is 60.0 cm³/mol. The molecule has 0 fully saturated rings. The molecule has 2 rings (SSSR count). The first kappa shape index (κ1) is 12.0. The molecule has 2 heterocycles. The van der Waals surface area contributed by atoms with Crippen LogP contribution < -0.4 is 4.74 Å². The van der Waals surface area contributed by atoms with Crippen LogP contribution in [0.1, 0.15) is 17.5 Å². The topological polar surface area (TPSA) is 87.3 Å². The molecular formula is C11H11N3O4. The van der Waals surface area contributed by atoms with Crippen molar-refractivity contribution in [2.45, 2.75) is 6.92 Å². The number of methoxy groups -OCH3 is 1. The number of rotatable bonds is 4. The van der Waals surface area contributed by atoms with Crippen molar-refractivity contribution in [1.82, 2.24) is 15.1 Å². The van der Waals surface area contributed by atoms with E-state index < -0.39 is 5.97 Å². The Labute approximate surface area is 103 Å². The molecule has 0 bridgehead atoms. The van der Waals surface area contributed by atoms with Crippen LogP contribution in [0.5, 0.6) is 5.88 Å². The van der Waals surface area contributed by atoms with E-state index in [4.69, 9.17) is 14.0 Å². The first-order valence-corrected chi connectivity index (χ1v) is 5.26. The zero-order valence-electron chi connectivity index (χ0n) is 9.91. The molecule has 7 heteroatoms. The highest BCUT2D eigenvalue weighted by molar-refractivity contribution is 5.85. The Kier molecular flexibility index (Phi) is 3.52. The average molecular weight is 249 g/mol. The van der Waals surface area contributed by atoms with Gasteiger partial charge in [-0.05, 0) is 24.2 Å². The van der Waals surface area contributed by atoms with E-state index in [1.807, 2.05) is 0 Å². The van der Waals surface area contributed by atoms with Crippen molar-refractivity contribution in [3.63, 3.8) is 0 Å². The molecule has 0 radical (unpaired) electrons. The summed E-state index contributed by atoms with van der Waals surface area (Å²) in [5.74, 6) is -0.257. The fraction of sp³-hybridized carbons (Fsp3) is 0.273. The maximum Gasteiger partial charge on any atom is 0.379 e. The van der Waals surface area contributed by atoms with Gasteiger partial charge in [-0.3, -0.25) is 0 Å². The second kappa shape index (κ2) is 5.26. The molecule has 0 aliphatic heterocycles. The average Bonchev–Trinajstić information content (AvgIpc) is 2.88. The third kappa shape index (κ3) is 2.29. The SMILES string of the molecule is CCOC(=O)c1noc(-c2cccnc2OC)n1. The molecule has 94 valence electrons. The van der Waals surface area contributed by atoms with Gasteiger partial charge in [-0.1, -0.05) is 0 Å². The van der Waals surface area contributed by atoms with Gasteiger partial charge in [0.1, 0.15) is 5.56 Å². The number of hydrogen-bond acceptors (Lipinski definition) is 7. The summed E-state index contributed by atoms with van der Waals surface area (Å²) in [7, 11) is 1.48. The van der Waals surface area contributed by atoms with Crippen molar-refractivity contribution in [3.05, 3.63) is 24.2 Å². The minimum atomic E-state index is -0.629. The van der Waals surface area contributed by atoms with Crippen molar-refractivity contribution in [3.8, 4) is 17.3 Å². The largest absolute Gasteiger partial charge is 0.480 e. The van der Waals surface area contributed by atoms with Crippen molar-refractivity contribution in [1.29, 1.82) is 0 Å². The number of esters is 1. The summed E-state index contributed by atoms with van der Waals surface area (Å²) in [6.07, 6.45) is 1.57. The third-order valence-corrected chi connectivity index (χ3v) is 2.08. The molecule has 18 heavy (non-hydrogen) atoms. The van der Waals surface area contributed by atoms with Crippen LogP contribution in [0, 0.1) is 0 Å². The zero-order valence-corrected chi connectivity index (χ0v) is 9.91. The van der Waals surface area contributed by atoms with Crippen LogP contribution in [0.25, 0.3) is 11.5 Å². The number of carbonyl (C=O) groups excluding carboxylic acids is 1. The van der Waals surface area contributed by atoms with E-state index in [0.29, 0.717) is 11.4 Å². The Morgan fingerprint density at radius 1 is 1.50 bits per heavy atom. The van der Waals surface area contributed by atoms with Gasteiger partial charge in [-0.2, -0.15) is 4.98 Å². The quantitative estimate of drug-likeness (QED) is 0.755. The molecule has 0 N–H and O–H groups in total. The number of ether oxygens (including phenoxy) is 2. The molecule has 7 nitrogen and oxygen atoms in total. The van der Waals surface area contributed by atoms with E-state index in [1.165, 1.54) is 7.11 Å². The Hall–Kier alpha value is -2.44. The second-order valence-electron chi connectivity index (χ2n) is 3.20. The molecule has 0 saturated carbocycles. The lowest BCUT2D eigenvalue weighted by atomic mass is 10.3. The Morgan fingerprint density at radius 2 is 2.33 bits per heavy atom. The van der Waals surface area contributed by atoms with Gasteiger partial charge in [0.05, 0.1) is 13.7 Å². The number of hydrogen-bond donors (Lipinski definition) is 0. The summed E-state index contributed by atoms with van der Waals surface area (Å²) in [5.41, 5.74) is 0.517. The first-order valence-electron chi connectivity index (χ1n) is 5.26. The van der Waals surface area contributed by atoms with Crippen LogP contribution >= 0.6 is 0 Å². The maximum absolute atomic E-state index is 11.4. The number of nitrogens with zero attached hydrogens (tertiary/aromatic N) is 3. The lowest BCUT2D eigenvalue weighted by molar-refractivity contribution is 0.0508. The van der Waals surface area contributed by atoms with Crippen LogP contribution in [-0.4, -0.2) is 34.8 Å². The van der Waals surface area contributed by atoms with Gasteiger partial charge in [0.15, 0.2) is 0 Å². The molecule has 0 atom stereocenters. The van der Waals surface area contributed by atoms with Crippen molar-refractivity contribution < 1.29 is 18.8 Å². The van der Waals surface area contributed by atoms with E-state index in [9.17, 15) is 4.79 Å². The van der Waals surface area contributed by atoms with E-state index in [1.54, 1.807) is 25.3 Å². The molecule has 2 aromatic heterocycles. The maximum atomic E-state index is 11.4. The molecule has 0 spiro atoms. The third-order valence-electron chi connectivity index (χ3n) is 2.08.